The Morgan fingerprint density at radius 2 is 1.58 bits per heavy atom. The van der Waals surface area contributed by atoms with Crippen LogP contribution in [0, 0.1) is 13.8 Å². The number of carbonyl (C=O) groups is 6. The van der Waals surface area contributed by atoms with Crippen LogP contribution in [0.5, 0.6) is 5.75 Å². The number of amides is 5. The van der Waals surface area contributed by atoms with E-state index >= 15 is 0 Å². The molecule has 0 saturated carbocycles. The summed E-state index contributed by atoms with van der Waals surface area (Å²) >= 11 is 0. The first kappa shape index (κ1) is 49.1. The summed E-state index contributed by atoms with van der Waals surface area (Å²) in [5.41, 5.74) is 9.77. The summed E-state index contributed by atoms with van der Waals surface area (Å²) in [6.45, 7) is 6.28. The van der Waals surface area contributed by atoms with E-state index in [9.17, 15) is 39.0 Å². The molecule has 0 aromatic heterocycles. The van der Waals surface area contributed by atoms with Crippen LogP contribution in [0.3, 0.4) is 0 Å². The maximum atomic E-state index is 14.2. The van der Waals surface area contributed by atoms with E-state index in [-0.39, 0.29) is 62.9 Å². The molecule has 2 aliphatic rings. The van der Waals surface area contributed by atoms with Gasteiger partial charge in [-0.25, -0.2) is 0 Å². The fraction of sp³-hybridized carbons (Fsp3) is 0.489. The Labute approximate surface area is 374 Å². The van der Waals surface area contributed by atoms with Crippen LogP contribution in [-0.2, 0) is 57.6 Å². The Hall–Kier alpha value is -5.88. The van der Waals surface area contributed by atoms with Gasteiger partial charge >= 0.3 is 5.97 Å². The summed E-state index contributed by atoms with van der Waals surface area (Å²) in [7, 11) is 4.19. The normalized spacial score (nSPS) is 17.5. The number of phenols is 1. The van der Waals surface area contributed by atoms with Gasteiger partial charge in [-0.15, -0.1) is 0 Å². The van der Waals surface area contributed by atoms with Crippen molar-refractivity contribution >= 4 is 41.2 Å². The number of piperidine rings is 1. The third kappa shape index (κ3) is 11.8. The van der Waals surface area contributed by atoms with Crippen LogP contribution in [0.1, 0.15) is 60.4 Å². The topological polar surface area (TPSA) is 224 Å². The van der Waals surface area contributed by atoms with Crippen molar-refractivity contribution < 1.29 is 48.5 Å². The Morgan fingerprint density at radius 1 is 0.953 bits per heavy atom. The molecule has 17 nitrogen and oxygen atoms in total. The number of aliphatic hydroxyl groups is 1. The number of nitrogens with zero attached hydrogens (tertiary/aromatic N) is 4. The van der Waals surface area contributed by atoms with Crippen molar-refractivity contribution in [2.75, 3.05) is 58.9 Å². The number of carbonyl (C=O) groups excluding carboxylic acids is 6. The van der Waals surface area contributed by atoms with Crippen LogP contribution in [0.4, 0.5) is 5.69 Å². The van der Waals surface area contributed by atoms with E-state index < -0.39 is 53.6 Å². The molecule has 2 aliphatic heterocycles. The molecule has 17 heteroatoms. The first-order valence-corrected chi connectivity index (χ1v) is 21.6. The predicted octanol–water partition coefficient (Wildman–Crippen LogP) is 1.70. The van der Waals surface area contributed by atoms with E-state index in [1.54, 1.807) is 48.2 Å². The number of hydrogen-bond acceptors (Lipinski definition) is 12. The van der Waals surface area contributed by atoms with Crippen molar-refractivity contribution in [2.24, 2.45) is 5.73 Å². The number of nitrogens with one attached hydrogen (secondary N) is 2. The highest BCUT2D eigenvalue weighted by atomic mass is 16.6. The Balaban J connectivity index is 1.23. The molecule has 0 radical (unpaired) electrons. The minimum atomic E-state index is -1.34. The number of fused-ring (bicyclic) bond motifs is 1. The predicted molar refractivity (Wildman–Crippen MR) is 239 cm³/mol. The molecule has 64 heavy (non-hydrogen) atoms. The van der Waals surface area contributed by atoms with E-state index in [1.807, 2.05) is 44.2 Å². The second-order valence-electron chi connectivity index (χ2n) is 16.7. The molecule has 4 atom stereocenters. The summed E-state index contributed by atoms with van der Waals surface area (Å²) in [4.78, 5) is 87.2. The Morgan fingerprint density at radius 3 is 2.20 bits per heavy atom. The molecular weight excluding hydrogens is 823 g/mol. The number of anilines is 1. The molecule has 0 aliphatic carbocycles. The third-order valence-corrected chi connectivity index (χ3v) is 12.5. The molecular formula is C47H63N7O10. The SMILES string of the molecule is COC(=O)CCN1CCC(C(O)OC)(N(C(=O)CCNC(=O)CN2Cc3ccccc3C[C@H](NC(=O)[C@@H](C)N(C)C(=O)[C@@H](N)Cc3c(C)cc(O)cc3C)C2=O)c2ccccc2)CC1. The van der Waals surface area contributed by atoms with Gasteiger partial charge in [0.05, 0.1) is 26.1 Å². The minimum Gasteiger partial charge on any atom is -0.508 e. The summed E-state index contributed by atoms with van der Waals surface area (Å²) in [6, 6.07) is 16.5. The molecule has 3 aromatic carbocycles. The zero-order valence-electron chi connectivity index (χ0n) is 37.7. The number of likely N-dealkylation sites (N-methyl/N-ethyl adjacent to an activating group) is 1. The maximum Gasteiger partial charge on any atom is 0.306 e. The lowest BCUT2D eigenvalue weighted by Gasteiger charge is -2.50. The maximum absolute atomic E-state index is 14.2. The number of rotatable bonds is 18. The summed E-state index contributed by atoms with van der Waals surface area (Å²) in [5, 5.41) is 26.9. The van der Waals surface area contributed by atoms with Gasteiger partial charge in [-0.1, -0.05) is 42.5 Å². The van der Waals surface area contributed by atoms with Crippen LogP contribution in [0.25, 0.3) is 0 Å². The van der Waals surface area contributed by atoms with Crippen molar-refractivity contribution in [3.05, 3.63) is 94.5 Å². The number of ether oxygens (including phenoxy) is 2. The van der Waals surface area contributed by atoms with Crippen LogP contribution in [0.15, 0.2) is 66.7 Å². The van der Waals surface area contributed by atoms with Gasteiger partial charge in [-0.3, -0.25) is 28.8 Å². The lowest BCUT2D eigenvalue weighted by Crippen LogP contribution is -2.64. The van der Waals surface area contributed by atoms with Crippen molar-refractivity contribution in [1.29, 1.82) is 0 Å². The monoisotopic (exact) mass is 885 g/mol. The number of benzene rings is 3. The highest BCUT2D eigenvalue weighted by molar-refractivity contribution is 5.96. The molecule has 346 valence electrons. The van der Waals surface area contributed by atoms with Gasteiger partial charge in [0.25, 0.3) is 0 Å². The fourth-order valence-electron chi connectivity index (χ4n) is 8.68. The second-order valence-corrected chi connectivity index (χ2v) is 16.7. The molecule has 1 fully saturated rings. The van der Waals surface area contributed by atoms with E-state index in [4.69, 9.17) is 15.2 Å². The summed E-state index contributed by atoms with van der Waals surface area (Å²) in [6.07, 6.45) is -0.238. The van der Waals surface area contributed by atoms with E-state index in [0.29, 0.717) is 38.2 Å². The molecule has 5 amide bonds. The number of esters is 1. The zero-order valence-corrected chi connectivity index (χ0v) is 37.7. The highest BCUT2D eigenvalue weighted by Gasteiger charge is 2.49. The number of phenolic OH excluding ortho intramolecular Hbond substituents is 1. The third-order valence-electron chi connectivity index (χ3n) is 12.5. The van der Waals surface area contributed by atoms with Crippen LogP contribution >= 0.6 is 0 Å². The smallest absolute Gasteiger partial charge is 0.306 e. The van der Waals surface area contributed by atoms with Gasteiger partial charge in [-0.2, -0.15) is 0 Å². The molecule has 1 unspecified atom stereocenters. The number of aryl methyl sites for hydroxylation is 2. The molecule has 1 saturated heterocycles. The molecule has 0 bridgehead atoms. The quantitative estimate of drug-likeness (QED) is 0.0910. The molecule has 3 aromatic rings. The average molecular weight is 886 g/mol. The fourth-order valence-corrected chi connectivity index (χ4v) is 8.68. The number of likely N-dealkylation sites (tertiary alicyclic amines) is 1. The first-order chi connectivity index (χ1) is 30.5. The number of nitrogens with two attached hydrogens (primary N) is 1. The minimum absolute atomic E-state index is 0.0733. The van der Waals surface area contributed by atoms with Crippen molar-refractivity contribution in [3.63, 3.8) is 0 Å². The Kier molecular flexibility index (Phi) is 17.0. The van der Waals surface area contributed by atoms with Crippen LogP contribution < -0.4 is 21.3 Å². The largest absolute Gasteiger partial charge is 0.508 e. The van der Waals surface area contributed by atoms with Gasteiger partial charge in [0.2, 0.25) is 29.5 Å². The van der Waals surface area contributed by atoms with Crippen molar-refractivity contribution in [1.82, 2.24) is 25.3 Å². The van der Waals surface area contributed by atoms with Gasteiger partial charge in [0.1, 0.15) is 23.4 Å². The second kappa shape index (κ2) is 22.2. The van der Waals surface area contributed by atoms with E-state index in [0.717, 1.165) is 27.8 Å². The lowest BCUT2D eigenvalue weighted by molar-refractivity contribution is -0.148. The number of aliphatic hydroxyl groups excluding tert-OH is 1. The van der Waals surface area contributed by atoms with Gasteiger partial charge in [-0.05, 0) is 92.1 Å². The standard InChI is InChI=1S/C47H63N7O10/c1-30-24-36(55)25-31(2)37(30)27-38(48)44(60)51(4)32(3)43(59)50-39-26-33-12-10-11-13-34(33)28-53(45(39)61)29-40(56)49-20-16-41(57)54(35-14-8-7-9-15-35)47(46(62)64-6)18-22-52(23-19-47)21-17-42(58)63-5/h7-15,24-25,32,38-39,46,55,62H,16-23,26-29,48H2,1-6H3,(H,49,56)(H,50,59)/t32-,38+,39+,46?/m1/s1. The summed E-state index contributed by atoms with van der Waals surface area (Å²) in [5.74, 6) is -2.63. The number of aromatic hydroxyl groups is 1. The van der Waals surface area contributed by atoms with Gasteiger partial charge in [0, 0.05) is 65.4 Å². The highest BCUT2D eigenvalue weighted by Crippen LogP contribution is 2.37. The molecule has 5 rings (SSSR count). The Bertz CT molecular complexity index is 2120. The van der Waals surface area contributed by atoms with E-state index in [1.165, 1.54) is 31.1 Å². The summed E-state index contributed by atoms with van der Waals surface area (Å²) < 4.78 is 10.3. The molecule has 0 spiro atoms. The lowest BCUT2D eigenvalue weighted by atomic mass is 9.83. The number of hydrogen-bond donors (Lipinski definition) is 5. The van der Waals surface area contributed by atoms with Gasteiger partial charge in [0.15, 0.2) is 6.29 Å². The first-order valence-electron chi connectivity index (χ1n) is 21.6. The molecule has 6 N–H and O–H groups in total. The number of methoxy groups -OCH3 is 2. The van der Waals surface area contributed by atoms with Crippen molar-refractivity contribution in [3.8, 4) is 5.75 Å². The van der Waals surface area contributed by atoms with Crippen molar-refractivity contribution in [2.45, 2.75) is 95.8 Å². The molecule has 2 heterocycles. The van der Waals surface area contributed by atoms with Crippen LogP contribution in [0.2, 0.25) is 0 Å². The van der Waals surface area contributed by atoms with Gasteiger partial charge < -0.3 is 55.7 Å². The zero-order chi connectivity index (χ0) is 46.7. The van der Waals surface area contributed by atoms with E-state index in [2.05, 4.69) is 15.5 Å². The number of para-hydroxylation sites is 1. The van der Waals surface area contributed by atoms with Crippen LogP contribution in [-0.4, -0.2) is 144 Å². The average Bonchev–Trinajstić information content (AvgIpc) is 3.41.